The lowest BCUT2D eigenvalue weighted by atomic mass is 10.1. The van der Waals surface area contributed by atoms with Crippen molar-refractivity contribution in [2.45, 2.75) is 19.7 Å². The maximum atomic E-state index is 10.0. The number of piperazine rings is 1. The molecule has 140 valence electrons. The second-order valence-electron chi connectivity index (χ2n) is 7.13. The molecule has 0 atom stereocenters. The smallest absolute Gasteiger partial charge is 0.141 e. The van der Waals surface area contributed by atoms with Gasteiger partial charge in [-0.1, -0.05) is 42.5 Å². The van der Waals surface area contributed by atoms with Gasteiger partial charge in [-0.2, -0.15) is 0 Å². The third-order valence-corrected chi connectivity index (χ3v) is 5.29. The summed E-state index contributed by atoms with van der Waals surface area (Å²) in [7, 11) is 0. The Balaban J connectivity index is 1.36. The molecule has 0 amide bonds. The first-order valence-corrected chi connectivity index (χ1v) is 9.43. The molecule has 0 unspecified atom stereocenters. The number of phenols is 1. The zero-order valence-corrected chi connectivity index (χ0v) is 15.4. The zero-order valence-electron chi connectivity index (χ0n) is 15.4. The van der Waals surface area contributed by atoms with Crippen LogP contribution in [0, 0.1) is 0 Å². The van der Waals surface area contributed by atoms with Gasteiger partial charge in [0.15, 0.2) is 0 Å². The minimum absolute atomic E-state index is 0.0939. The lowest BCUT2D eigenvalue weighted by molar-refractivity contribution is 0.120. The maximum absolute atomic E-state index is 10.0. The van der Waals surface area contributed by atoms with E-state index < -0.39 is 0 Å². The van der Waals surface area contributed by atoms with Crippen molar-refractivity contribution in [2.75, 3.05) is 26.2 Å². The highest BCUT2D eigenvalue weighted by Gasteiger charge is 2.18. The predicted molar refractivity (Wildman–Crippen MR) is 106 cm³/mol. The van der Waals surface area contributed by atoms with Gasteiger partial charge in [0.05, 0.1) is 12.3 Å². The van der Waals surface area contributed by atoms with Gasteiger partial charge in [-0.25, -0.2) is 4.98 Å². The average Bonchev–Trinajstić information content (AvgIpc) is 2.70. The number of aliphatic hydroxyl groups is 1. The molecule has 2 heterocycles. The summed E-state index contributed by atoms with van der Waals surface area (Å²) in [6.45, 7) is 5.75. The molecule has 3 aromatic rings. The summed E-state index contributed by atoms with van der Waals surface area (Å²) in [6, 6.07) is 17.7. The Morgan fingerprint density at radius 3 is 2.22 bits per heavy atom. The molecular weight excluding hydrogens is 338 g/mol. The summed E-state index contributed by atoms with van der Waals surface area (Å²) in [5.41, 5.74) is 3.89. The van der Waals surface area contributed by atoms with E-state index in [0.29, 0.717) is 5.52 Å². The molecule has 5 heteroatoms. The van der Waals surface area contributed by atoms with Crippen molar-refractivity contribution in [1.29, 1.82) is 0 Å². The predicted octanol–water partition coefficient (Wildman–Crippen LogP) is 2.75. The van der Waals surface area contributed by atoms with Crippen LogP contribution < -0.4 is 0 Å². The zero-order chi connectivity index (χ0) is 18.6. The Morgan fingerprint density at radius 1 is 0.778 bits per heavy atom. The van der Waals surface area contributed by atoms with Crippen LogP contribution in [0.2, 0.25) is 0 Å². The van der Waals surface area contributed by atoms with Crippen LogP contribution >= 0.6 is 0 Å². The van der Waals surface area contributed by atoms with Crippen LogP contribution in [-0.2, 0) is 19.7 Å². The fourth-order valence-electron chi connectivity index (χ4n) is 3.70. The number of fused-ring (bicyclic) bond motifs is 1. The van der Waals surface area contributed by atoms with Gasteiger partial charge in [-0.3, -0.25) is 9.80 Å². The fraction of sp³-hybridized carbons (Fsp3) is 0.318. The molecular formula is C22H25N3O2. The van der Waals surface area contributed by atoms with Crippen molar-refractivity contribution in [3.8, 4) is 5.75 Å². The molecule has 0 bridgehead atoms. The van der Waals surface area contributed by atoms with E-state index in [4.69, 9.17) is 0 Å². The molecule has 4 rings (SSSR count). The number of phenolic OH excluding ortho intramolecular Hbond substituents is 1. The van der Waals surface area contributed by atoms with Gasteiger partial charge in [-0.05, 0) is 23.3 Å². The molecule has 0 radical (unpaired) electrons. The van der Waals surface area contributed by atoms with Gasteiger partial charge in [-0.15, -0.1) is 0 Å². The maximum Gasteiger partial charge on any atom is 0.141 e. The van der Waals surface area contributed by atoms with E-state index in [1.54, 1.807) is 6.07 Å². The fourth-order valence-corrected chi connectivity index (χ4v) is 3.70. The van der Waals surface area contributed by atoms with E-state index in [9.17, 15) is 10.2 Å². The number of nitrogens with zero attached hydrogens (tertiary/aromatic N) is 3. The summed E-state index contributed by atoms with van der Waals surface area (Å²) < 4.78 is 0. The van der Waals surface area contributed by atoms with E-state index in [1.165, 1.54) is 5.56 Å². The number of aromatic hydroxyl groups is 1. The summed E-state index contributed by atoms with van der Waals surface area (Å²) >= 11 is 0. The van der Waals surface area contributed by atoms with E-state index in [0.717, 1.165) is 55.9 Å². The SMILES string of the molecule is OCc1ccccc1CN1CCN(Cc2ccc3cccc(O)c3n2)CC1. The summed E-state index contributed by atoms with van der Waals surface area (Å²) in [6.07, 6.45) is 0. The lowest BCUT2D eigenvalue weighted by Crippen LogP contribution is -2.45. The van der Waals surface area contributed by atoms with Crippen LogP contribution in [0.1, 0.15) is 16.8 Å². The van der Waals surface area contributed by atoms with Crippen molar-refractivity contribution < 1.29 is 10.2 Å². The second kappa shape index (κ2) is 8.05. The van der Waals surface area contributed by atoms with Crippen LogP contribution in [0.25, 0.3) is 10.9 Å². The number of rotatable bonds is 5. The number of hydrogen-bond donors (Lipinski definition) is 2. The Kier molecular flexibility index (Phi) is 5.34. The number of hydrogen-bond acceptors (Lipinski definition) is 5. The molecule has 2 aromatic carbocycles. The quantitative estimate of drug-likeness (QED) is 0.730. The van der Waals surface area contributed by atoms with Crippen molar-refractivity contribution in [3.63, 3.8) is 0 Å². The van der Waals surface area contributed by atoms with Crippen LogP contribution in [0.4, 0.5) is 0 Å². The van der Waals surface area contributed by atoms with Gasteiger partial charge >= 0.3 is 0 Å². The Labute approximate surface area is 159 Å². The minimum atomic E-state index is 0.0939. The van der Waals surface area contributed by atoms with Gasteiger partial charge in [0, 0.05) is 44.7 Å². The number of pyridine rings is 1. The van der Waals surface area contributed by atoms with E-state index in [-0.39, 0.29) is 12.4 Å². The van der Waals surface area contributed by atoms with Crippen molar-refractivity contribution in [2.24, 2.45) is 0 Å². The number of aromatic nitrogens is 1. The first-order chi connectivity index (χ1) is 13.2. The normalized spacial score (nSPS) is 16.0. The Hall–Kier alpha value is -2.47. The van der Waals surface area contributed by atoms with E-state index >= 15 is 0 Å². The van der Waals surface area contributed by atoms with Gasteiger partial charge in [0.2, 0.25) is 0 Å². The highest BCUT2D eigenvalue weighted by Crippen LogP contribution is 2.23. The van der Waals surface area contributed by atoms with Crippen LogP contribution in [0.5, 0.6) is 5.75 Å². The molecule has 1 fully saturated rings. The Bertz CT molecular complexity index is 920. The number of benzene rings is 2. The molecule has 2 N–H and O–H groups in total. The molecule has 0 saturated carbocycles. The van der Waals surface area contributed by atoms with Crippen molar-refractivity contribution in [1.82, 2.24) is 14.8 Å². The molecule has 0 aliphatic carbocycles. The van der Waals surface area contributed by atoms with Crippen molar-refractivity contribution >= 4 is 10.9 Å². The third-order valence-electron chi connectivity index (χ3n) is 5.29. The van der Waals surface area contributed by atoms with Crippen LogP contribution in [-0.4, -0.2) is 51.2 Å². The standard InChI is InChI=1S/C22H25N3O2/c26-16-19-5-2-1-4-18(19)14-24-10-12-25(13-11-24)15-20-9-8-17-6-3-7-21(27)22(17)23-20/h1-9,26-27H,10-16H2. The van der Waals surface area contributed by atoms with Gasteiger partial charge in [0.25, 0.3) is 0 Å². The average molecular weight is 363 g/mol. The Morgan fingerprint density at radius 2 is 1.48 bits per heavy atom. The summed E-state index contributed by atoms with van der Waals surface area (Å²) in [5, 5.41) is 20.5. The van der Waals surface area contributed by atoms with Crippen LogP contribution in [0.3, 0.4) is 0 Å². The molecule has 0 spiro atoms. The van der Waals surface area contributed by atoms with E-state index in [2.05, 4.69) is 20.9 Å². The third kappa shape index (κ3) is 4.11. The molecule has 5 nitrogen and oxygen atoms in total. The monoisotopic (exact) mass is 363 g/mol. The summed E-state index contributed by atoms with van der Waals surface area (Å²) in [5.74, 6) is 0.238. The lowest BCUT2D eigenvalue weighted by Gasteiger charge is -2.34. The molecule has 1 aliphatic heterocycles. The highest BCUT2D eigenvalue weighted by atomic mass is 16.3. The largest absolute Gasteiger partial charge is 0.506 e. The highest BCUT2D eigenvalue weighted by molar-refractivity contribution is 5.84. The molecule has 1 aromatic heterocycles. The van der Waals surface area contributed by atoms with Gasteiger partial charge < -0.3 is 10.2 Å². The first kappa shape index (κ1) is 17.9. The second-order valence-corrected chi connectivity index (χ2v) is 7.13. The first-order valence-electron chi connectivity index (χ1n) is 9.43. The molecule has 1 aliphatic rings. The molecule has 27 heavy (non-hydrogen) atoms. The van der Waals surface area contributed by atoms with Crippen LogP contribution in [0.15, 0.2) is 54.6 Å². The minimum Gasteiger partial charge on any atom is -0.506 e. The van der Waals surface area contributed by atoms with Gasteiger partial charge in [0.1, 0.15) is 11.3 Å². The number of aliphatic hydroxyl groups excluding tert-OH is 1. The topological polar surface area (TPSA) is 59.8 Å². The summed E-state index contributed by atoms with van der Waals surface area (Å²) in [4.78, 5) is 9.49. The van der Waals surface area contributed by atoms with Crippen molar-refractivity contribution in [3.05, 3.63) is 71.4 Å². The molecule has 1 saturated heterocycles. The number of para-hydroxylation sites is 1. The van der Waals surface area contributed by atoms with E-state index in [1.807, 2.05) is 42.5 Å².